The number of esters is 4. The molecule has 0 aliphatic rings. The second kappa shape index (κ2) is 64.4. The molecule has 0 rings (SSSR count). The summed E-state index contributed by atoms with van der Waals surface area (Å²) in [6.07, 6.45) is 48.5. The summed E-state index contributed by atoms with van der Waals surface area (Å²) in [7, 11) is -9.91. The molecular weight excluding hydrogens is 1230 g/mol. The Hall–Kier alpha value is -1.94. The van der Waals surface area contributed by atoms with Gasteiger partial charge in [-0.05, 0) is 49.4 Å². The predicted molar refractivity (Wildman–Crippen MR) is 381 cm³/mol. The molecule has 0 fully saturated rings. The highest BCUT2D eigenvalue weighted by molar-refractivity contribution is 7.47. The van der Waals surface area contributed by atoms with Crippen molar-refractivity contribution in [1.29, 1.82) is 0 Å². The third-order valence-electron chi connectivity index (χ3n) is 17.3. The third kappa shape index (κ3) is 68.6. The summed E-state index contributed by atoms with van der Waals surface area (Å²) in [6.45, 7) is 14.2. The lowest BCUT2D eigenvalue weighted by molar-refractivity contribution is -0.161. The zero-order chi connectivity index (χ0) is 69.6. The van der Waals surface area contributed by atoms with Crippen molar-refractivity contribution >= 4 is 39.5 Å². The van der Waals surface area contributed by atoms with Gasteiger partial charge in [0.1, 0.15) is 19.3 Å². The fourth-order valence-electron chi connectivity index (χ4n) is 11.4. The maximum Gasteiger partial charge on any atom is 0.472 e. The van der Waals surface area contributed by atoms with Gasteiger partial charge >= 0.3 is 39.5 Å². The van der Waals surface area contributed by atoms with Gasteiger partial charge in [-0.25, -0.2) is 9.13 Å². The molecule has 0 aromatic rings. The molecule has 3 N–H and O–H groups in total. The van der Waals surface area contributed by atoms with E-state index in [0.717, 1.165) is 114 Å². The number of unbranched alkanes of at least 4 members (excludes halogenated alkanes) is 38. The van der Waals surface area contributed by atoms with Gasteiger partial charge in [0.15, 0.2) is 12.2 Å². The molecule has 17 nitrogen and oxygen atoms in total. The summed E-state index contributed by atoms with van der Waals surface area (Å²) >= 11 is 0. The Morgan fingerprint density at radius 3 is 0.660 bits per heavy atom. The van der Waals surface area contributed by atoms with Crippen LogP contribution in [0.5, 0.6) is 0 Å². The molecule has 0 heterocycles. The Morgan fingerprint density at radius 2 is 0.447 bits per heavy atom. The van der Waals surface area contributed by atoms with Crippen LogP contribution in [0.15, 0.2) is 0 Å². The second-order valence-electron chi connectivity index (χ2n) is 28.9. The number of carbonyl (C=O) groups excluding carboxylic acids is 4. The minimum absolute atomic E-state index is 0.105. The van der Waals surface area contributed by atoms with Crippen molar-refractivity contribution in [3.05, 3.63) is 0 Å². The summed E-state index contributed by atoms with van der Waals surface area (Å²) in [5.41, 5.74) is 0. The summed E-state index contributed by atoms with van der Waals surface area (Å²) < 4.78 is 68.5. The SMILES string of the molecule is CC(C)CCCCCCCCCCCCCCCC(=O)O[C@H](COC(=O)CCCCCCCCCCCCCC(C)C)COP(=O)(O)OC[C@@H](O)COP(=O)(O)OC[C@@H](COC(=O)CCCCCCCCCCCC(C)C)OC(=O)CCCCCCCCCCCC(C)C. The largest absolute Gasteiger partial charge is 0.472 e. The molecular formula is C75H146O17P2. The first kappa shape index (κ1) is 92.1. The summed E-state index contributed by atoms with van der Waals surface area (Å²) in [5.74, 6) is 0.916. The average molecular weight is 1380 g/mol. The van der Waals surface area contributed by atoms with Gasteiger partial charge in [0.2, 0.25) is 0 Å². The van der Waals surface area contributed by atoms with Gasteiger partial charge in [0, 0.05) is 25.7 Å². The fourth-order valence-corrected chi connectivity index (χ4v) is 13.0. The van der Waals surface area contributed by atoms with Crippen molar-refractivity contribution in [1.82, 2.24) is 0 Å². The number of hydrogen-bond acceptors (Lipinski definition) is 15. The van der Waals surface area contributed by atoms with Crippen LogP contribution in [0, 0.1) is 23.7 Å². The van der Waals surface area contributed by atoms with Crippen molar-refractivity contribution in [2.75, 3.05) is 39.6 Å². The van der Waals surface area contributed by atoms with Crippen LogP contribution < -0.4 is 0 Å². The van der Waals surface area contributed by atoms with Crippen LogP contribution in [0.2, 0.25) is 0 Å². The molecule has 94 heavy (non-hydrogen) atoms. The van der Waals surface area contributed by atoms with E-state index < -0.39 is 97.5 Å². The van der Waals surface area contributed by atoms with Gasteiger partial charge in [-0.15, -0.1) is 0 Å². The minimum atomic E-state index is -4.96. The van der Waals surface area contributed by atoms with Crippen molar-refractivity contribution in [2.24, 2.45) is 23.7 Å². The van der Waals surface area contributed by atoms with E-state index in [1.54, 1.807) is 0 Å². The lowest BCUT2D eigenvalue weighted by Gasteiger charge is -2.21. The van der Waals surface area contributed by atoms with E-state index >= 15 is 0 Å². The Labute approximate surface area is 575 Å². The van der Waals surface area contributed by atoms with Gasteiger partial charge in [-0.2, -0.15) is 0 Å². The van der Waals surface area contributed by atoms with Crippen LogP contribution in [0.4, 0.5) is 0 Å². The summed E-state index contributed by atoms with van der Waals surface area (Å²) in [5, 5.41) is 10.6. The van der Waals surface area contributed by atoms with Crippen LogP contribution in [0.3, 0.4) is 0 Å². The Bertz CT molecular complexity index is 1850. The number of aliphatic hydroxyl groups excluding tert-OH is 1. The van der Waals surface area contributed by atoms with E-state index in [2.05, 4.69) is 55.4 Å². The average Bonchev–Trinajstić information content (AvgIpc) is 1.58. The smallest absolute Gasteiger partial charge is 0.462 e. The maximum atomic E-state index is 13.1. The monoisotopic (exact) mass is 1380 g/mol. The number of rotatable bonds is 72. The number of hydrogen-bond donors (Lipinski definition) is 3. The lowest BCUT2D eigenvalue weighted by Crippen LogP contribution is -2.30. The number of phosphoric acid groups is 2. The zero-order valence-electron chi connectivity index (χ0n) is 61.6. The van der Waals surface area contributed by atoms with Crippen molar-refractivity contribution in [3.8, 4) is 0 Å². The first-order valence-electron chi connectivity index (χ1n) is 38.7. The summed E-state index contributed by atoms with van der Waals surface area (Å²) in [4.78, 5) is 72.8. The van der Waals surface area contributed by atoms with Crippen LogP contribution >= 0.6 is 15.6 Å². The van der Waals surface area contributed by atoms with Gasteiger partial charge in [-0.1, -0.05) is 325 Å². The third-order valence-corrected chi connectivity index (χ3v) is 19.2. The first-order chi connectivity index (χ1) is 45.1. The van der Waals surface area contributed by atoms with Crippen LogP contribution in [-0.4, -0.2) is 96.7 Å². The molecule has 0 aliphatic carbocycles. The van der Waals surface area contributed by atoms with E-state index in [0.29, 0.717) is 25.7 Å². The van der Waals surface area contributed by atoms with Gasteiger partial charge in [0.25, 0.3) is 0 Å². The van der Waals surface area contributed by atoms with Crippen molar-refractivity contribution in [2.45, 2.75) is 395 Å². The zero-order valence-corrected chi connectivity index (χ0v) is 63.4. The van der Waals surface area contributed by atoms with Gasteiger partial charge < -0.3 is 33.8 Å². The van der Waals surface area contributed by atoms with E-state index in [4.69, 9.17) is 37.0 Å². The molecule has 0 spiro atoms. The molecule has 0 aromatic heterocycles. The highest BCUT2D eigenvalue weighted by Gasteiger charge is 2.30. The van der Waals surface area contributed by atoms with Crippen molar-refractivity contribution in [3.63, 3.8) is 0 Å². The van der Waals surface area contributed by atoms with Gasteiger partial charge in [0.05, 0.1) is 26.4 Å². The van der Waals surface area contributed by atoms with E-state index in [1.807, 2.05) is 0 Å². The molecule has 0 aromatic carbocycles. The molecule has 5 atom stereocenters. The van der Waals surface area contributed by atoms with Gasteiger partial charge in [-0.3, -0.25) is 37.3 Å². The highest BCUT2D eigenvalue weighted by atomic mass is 31.2. The maximum absolute atomic E-state index is 13.1. The molecule has 0 saturated carbocycles. The van der Waals surface area contributed by atoms with E-state index in [1.165, 1.54) is 180 Å². The molecule has 2 unspecified atom stereocenters. The number of phosphoric ester groups is 2. The molecule has 558 valence electrons. The number of carbonyl (C=O) groups is 4. The quantitative estimate of drug-likeness (QED) is 0.0222. The Kier molecular flexibility index (Phi) is 63.1. The van der Waals surface area contributed by atoms with Crippen LogP contribution in [0.25, 0.3) is 0 Å². The normalized spacial score (nSPS) is 14.2. The molecule has 19 heteroatoms. The van der Waals surface area contributed by atoms with Crippen LogP contribution in [-0.2, 0) is 65.4 Å². The Morgan fingerprint density at radius 1 is 0.266 bits per heavy atom. The Balaban J connectivity index is 5.27. The molecule has 0 bridgehead atoms. The molecule has 0 radical (unpaired) electrons. The van der Waals surface area contributed by atoms with Crippen LogP contribution in [0.1, 0.15) is 376 Å². The molecule has 0 aliphatic heterocycles. The minimum Gasteiger partial charge on any atom is -0.462 e. The standard InChI is InChI=1S/C75H146O17P2/c1-65(2)51-43-35-27-19-13-10-9-11-15-24-33-41-49-57-74(79)91-70(61-85-72(77)55-47-39-31-23-16-12-14-20-28-36-44-52-66(3)4)63-89-93(81,82)87-59-69(76)60-88-94(83,84)90-64-71(92-75(80)58-50-42-34-26-18-22-30-38-46-54-68(7)8)62-86-73(78)56-48-40-32-25-17-21-29-37-45-53-67(5)6/h65-71,76H,9-64H2,1-8H3,(H,81,82)(H,83,84)/t69-,70-,71-/m1/s1. The molecule has 0 saturated heterocycles. The van der Waals surface area contributed by atoms with Crippen molar-refractivity contribution < 1.29 is 80.2 Å². The lowest BCUT2D eigenvalue weighted by atomic mass is 10.0. The number of ether oxygens (including phenoxy) is 4. The predicted octanol–water partition coefficient (Wildman–Crippen LogP) is 21.7. The first-order valence-corrected chi connectivity index (χ1v) is 41.7. The van der Waals surface area contributed by atoms with E-state index in [9.17, 15) is 43.2 Å². The molecule has 0 amide bonds. The fraction of sp³-hybridized carbons (Fsp3) is 0.947. The topological polar surface area (TPSA) is 237 Å². The number of aliphatic hydroxyl groups is 1. The highest BCUT2D eigenvalue weighted by Crippen LogP contribution is 2.45. The second-order valence-corrected chi connectivity index (χ2v) is 31.9. The van der Waals surface area contributed by atoms with E-state index in [-0.39, 0.29) is 25.7 Å². The summed E-state index contributed by atoms with van der Waals surface area (Å²) in [6, 6.07) is 0.